The minimum Gasteiger partial charge on any atom is -0.468 e. The summed E-state index contributed by atoms with van der Waals surface area (Å²) >= 11 is 0. The Morgan fingerprint density at radius 1 is 0.811 bits per heavy atom. The fourth-order valence-corrected chi connectivity index (χ4v) is 3.65. The van der Waals surface area contributed by atoms with Gasteiger partial charge in [-0.15, -0.1) is 0 Å². The average molecular weight is 514 g/mol. The minimum atomic E-state index is -1.52. The van der Waals surface area contributed by atoms with E-state index in [1.165, 1.54) is 6.92 Å². The summed E-state index contributed by atoms with van der Waals surface area (Å²) in [6, 6.07) is 15.2. The number of amides is 3. The van der Waals surface area contributed by atoms with Gasteiger partial charge in [-0.2, -0.15) is 0 Å². The number of nitrogens with one attached hydrogen (secondary N) is 2. The van der Waals surface area contributed by atoms with Gasteiger partial charge in [0.25, 0.3) is 0 Å². The lowest BCUT2D eigenvalue weighted by Gasteiger charge is -2.28. The molecule has 0 aliphatic heterocycles. The van der Waals surface area contributed by atoms with Gasteiger partial charge in [-0.3, -0.25) is 19.2 Å². The Hall–Kier alpha value is -4.41. The molecule has 0 aromatic heterocycles. The first-order valence-corrected chi connectivity index (χ1v) is 11.4. The van der Waals surface area contributed by atoms with Crippen molar-refractivity contribution in [1.82, 2.24) is 10.6 Å². The molecule has 0 saturated heterocycles. The third-order valence-corrected chi connectivity index (χ3v) is 5.67. The summed E-state index contributed by atoms with van der Waals surface area (Å²) in [4.78, 5) is 62.5. The third kappa shape index (κ3) is 8.64. The van der Waals surface area contributed by atoms with Gasteiger partial charge < -0.3 is 30.6 Å². The molecule has 2 aromatic carbocycles. The van der Waals surface area contributed by atoms with Crippen molar-refractivity contribution in [2.45, 2.75) is 32.0 Å². The van der Waals surface area contributed by atoms with Crippen LogP contribution in [0.25, 0.3) is 0 Å². The molecule has 3 amide bonds. The van der Waals surface area contributed by atoms with Crippen molar-refractivity contribution < 1.29 is 38.2 Å². The standard InChI is InChI=1S/C26H31N3O8/c1-16(20(24(32)35-2)25(33)36-3)21(22(27)30)29-23(31)19(14-17-10-6-4-7-11-17)28-26(34)37-15-18-12-8-5-9-13-18/h4-13,16,19-21H,14-15H2,1-3H3,(H2,27,30)(H,28,34)(H,29,31)/t16-,19+,21+/m0/s1. The van der Waals surface area contributed by atoms with Crippen molar-refractivity contribution in [2.24, 2.45) is 17.6 Å². The van der Waals surface area contributed by atoms with Crippen LogP contribution in [0.4, 0.5) is 4.79 Å². The normalized spacial score (nSPS) is 13.0. The molecule has 198 valence electrons. The summed E-state index contributed by atoms with van der Waals surface area (Å²) < 4.78 is 14.5. The highest BCUT2D eigenvalue weighted by atomic mass is 16.6. The van der Waals surface area contributed by atoms with Crippen molar-refractivity contribution in [3.63, 3.8) is 0 Å². The fraction of sp³-hybridized carbons (Fsp3) is 0.346. The molecular formula is C26H31N3O8. The second kappa shape index (κ2) is 14.2. The Kier molecular flexibility index (Phi) is 11.1. The number of carbonyl (C=O) groups is 5. The predicted octanol–water partition coefficient (Wildman–Crippen LogP) is 1.09. The molecule has 37 heavy (non-hydrogen) atoms. The number of alkyl carbamates (subject to hydrolysis) is 1. The smallest absolute Gasteiger partial charge is 0.408 e. The molecule has 0 radical (unpaired) electrons. The monoisotopic (exact) mass is 513 g/mol. The molecule has 3 atom stereocenters. The number of primary amides is 1. The van der Waals surface area contributed by atoms with Gasteiger partial charge in [-0.05, 0) is 11.1 Å². The Balaban J connectivity index is 2.22. The first-order valence-electron chi connectivity index (χ1n) is 11.4. The molecule has 0 aliphatic rings. The molecule has 0 bridgehead atoms. The van der Waals surface area contributed by atoms with Gasteiger partial charge in [-0.25, -0.2) is 4.79 Å². The van der Waals surface area contributed by atoms with Crippen LogP contribution >= 0.6 is 0 Å². The molecular weight excluding hydrogens is 482 g/mol. The number of hydrogen-bond donors (Lipinski definition) is 3. The zero-order valence-electron chi connectivity index (χ0n) is 20.8. The van der Waals surface area contributed by atoms with E-state index in [-0.39, 0.29) is 13.0 Å². The van der Waals surface area contributed by atoms with Gasteiger partial charge in [0.05, 0.1) is 14.2 Å². The number of benzene rings is 2. The summed E-state index contributed by atoms with van der Waals surface area (Å²) in [5, 5.41) is 4.96. The van der Waals surface area contributed by atoms with Crippen LogP contribution in [0.15, 0.2) is 60.7 Å². The maximum Gasteiger partial charge on any atom is 0.408 e. The Bertz CT molecular complexity index is 1060. The summed E-state index contributed by atoms with van der Waals surface area (Å²) in [6.07, 6.45) is -0.796. The first kappa shape index (κ1) is 28.8. The highest BCUT2D eigenvalue weighted by Crippen LogP contribution is 2.20. The number of hydrogen-bond acceptors (Lipinski definition) is 8. The van der Waals surface area contributed by atoms with E-state index in [0.717, 1.165) is 25.3 Å². The van der Waals surface area contributed by atoms with Crippen LogP contribution in [0.2, 0.25) is 0 Å². The maximum absolute atomic E-state index is 13.3. The largest absolute Gasteiger partial charge is 0.468 e. The number of carbonyl (C=O) groups excluding carboxylic acids is 5. The lowest BCUT2D eigenvalue weighted by molar-refractivity contribution is -0.162. The summed E-state index contributed by atoms with van der Waals surface area (Å²) in [7, 11) is 2.15. The van der Waals surface area contributed by atoms with E-state index in [1.54, 1.807) is 54.6 Å². The number of ether oxygens (including phenoxy) is 3. The number of rotatable bonds is 12. The van der Waals surface area contributed by atoms with Crippen LogP contribution in [-0.4, -0.2) is 56.1 Å². The molecule has 2 aromatic rings. The summed E-state index contributed by atoms with van der Waals surface area (Å²) in [5.74, 6) is -6.33. The number of methoxy groups -OCH3 is 2. The Morgan fingerprint density at radius 2 is 1.32 bits per heavy atom. The molecule has 11 nitrogen and oxygen atoms in total. The van der Waals surface area contributed by atoms with Crippen LogP contribution in [0.5, 0.6) is 0 Å². The number of nitrogens with two attached hydrogens (primary N) is 1. The zero-order valence-corrected chi connectivity index (χ0v) is 20.8. The Morgan fingerprint density at radius 3 is 1.81 bits per heavy atom. The first-order chi connectivity index (χ1) is 17.7. The zero-order chi connectivity index (χ0) is 27.4. The van der Waals surface area contributed by atoms with Crippen LogP contribution in [0, 0.1) is 11.8 Å². The SMILES string of the molecule is COC(=O)C(C(=O)OC)[C@H](C)[C@@H](NC(=O)[C@@H](Cc1ccccc1)NC(=O)OCc1ccccc1)C(N)=O. The van der Waals surface area contributed by atoms with Gasteiger partial charge in [0.1, 0.15) is 18.7 Å². The summed E-state index contributed by atoms with van der Waals surface area (Å²) in [6.45, 7) is 1.36. The molecule has 0 saturated carbocycles. The van der Waals surface area contributed by atoms with E-state index in [4.69, 9.17) is 10.5 Å². The fourth-order valence-electron chi connectivity index (χ4n) is 3.65. The molecule has 4 N–H and O–H groups in total. The van der Waals surface area contributed by atoms with Crippen LogP contribution in [-0.2, 0) is 46.4 Å². The number of esters is 2. The molecule has 2 rings (SSSR count). The lowest BCUT2D eigenvalue weighted by Crippen LogP contribution is -2.57. The van der Waals surface area contributed by atoms with E-state index < -0.39 is 53.8 Å². The maximum atomic E-state index is 13.3. The second-order valence-corrected chi connectivity index (χ2v) is 8.22. The van der Waals surface area contributed by atoms with Gasteiger partial charge in [0.15, 0.2) is 5.92 Å². The molecule has 0 fully saturated rings. The van der Waals surface area contributed by atoms with Crippen LogP contribution in [0.1, 0.15) is 18.1 Å². The van der Waals surface area contributed by atoms with E-state index >= 15 is 0 Å². The van der Waals surface area contributed by atoms with Crippen molar-refractivity contribution in [2.75, 3.05) is 14.2 Å². The van der Waals surface area contributed by atoms with Gasteiger partial charge in [0.2, 0.25) is 11.8 Å². The van der Waals surface area contributed by atoms with Gasteiger partial charge in [0, 0.05) is 12.3 Å². The van der Waals surface area contributed by atoms with Crippen molar-refractivity contribution in [3.8, 4) is 0 Å². The van der Waals surface area contributed by atoms with Crippen molar-refractivity contribution in [1.29, 1.82) is 0 Å². The molecule has 0 heterocycles. The van der Waals surface area contributed by atoms with Gasteiger partial charge in [-0.1, -0.05) is 67.6 Å². The van der Waals surface area contributed by atoms with E-state index in [2.05, 4.69) is 20.1 Å². The molecule has 0 spiro atoms. The van der Waals surface area contributed by atoms with E-state index in [9.17, 15) is 24.0 Å². The Labute approximate surface area is 214 Å². The second-order valence-electron chi connectivity index (χ2n) is 8.22. The van der Waals surface area contributed by atoms with Gasteiger partial charge >= 0.3 is 18.0 Å². The molecule has 11 heteroatoms. The van der Waals surface area contributed by atoms with Crippen molar-refractivity contribution >= 4 is 29.8 Å². The average Bonchev–Trinajstić information content (AvgIpc) is 2.90. The molecule has 0 aliphatic carbocycles. The highest BCUT2D eigenvalue weighted by molar-refractivity contribution is 5.97. The third-order valence-electron chi connectivity index (χ3n) is 5.67. The van der Waals surface area contributed by atoms with Crippen LogP contribution < -0.4 is 16.4 Å². The van der Waals surface area contributed by atoms with Crippen molar-refractivity contribution in [3.05, 3.63) is 71.8 Å². The molecule has 0 unspecified atom stereocenters. The highest BCUT2D eigenvalue weighted by Gasteiger charge is 2.42. The topological polar surface area (TPSA) is 163 Å². The quantitative estimate of drug-likeness (QED) is 0.216. The van der Waals surface area contributed by atoms with E-state index in [1.807, 2.05) is 6.07 Å². The summed E-state index contributed by atoms with van der Waals surface area (Å²) in [5.41, 5.74) is 6.97. The minimum absolute atomic E-state index is 0.0206. The van der Waals surface area contributed by atoms with E-state index in [0.29, 0.717) is 0 Å². The van der Waals surface area contributed by atoms with Crippen LogP contribution in [0.3, 0.4) is 0 Å². The lowest BCUT2D eigenvalue weighted by atomic mass is 9.86. The predicted molar refractivity (Wildman–Crippen MR) is 132 cm³/mol.